The number of benzene rings is 1. The molecule has 0 saturated carbocycles. The van der Waals surface area contributed by atoms with Gasteiger partial charge in [0.25, 0.3) is 5.91 Å². The summed E-state index contributed by atoms with van der Waals surface area (Å²) in [5.41, 5.74) is 12.9. The van der Waals surface area contributed by atoms with Crippen LogP contribution in [-0.2, 0) is 4.74 Å². The topological polar surface area (TPSA) is 111 Å². The number of nitrogens with one attached hydrogen (secondary N) is 1. The lowest BCUT2D eigenvalue weighted by molar-refractivity contribution is 0.0526. The molecule has 0 saturated heterocycles. The number of H-pyrrole nitrogens is 1. The molecule has 5 N–H and O–H groups in total. The number of nitrogen functional groups attached to an aromatic ring is 1. The number of carbonyl (C=O) groups is 2. The maximum atomic E-state index is 11.7. The Kier molecular flexibility index (Phi) is 3.74. The van der Waals surface area contributed by atoms with Crippen molar-refractivity contribution in [3.05, 3.63) is 41.5 Å². The molecule has 0 bridgehead atoms. The van der Waals surface area contributed by atoms with Crippen molar-refractivity contribution in [3.8, 4) is 11.3 Å². The standard InChI is InChI=1S/C14H15N3O3/c1-2-20-14(19)9-5-3-4-8(6-9)11-7-10(13(16)18)12(15)17-11/h3-7,17H,2,15H2,1H3,(H2,16,18). The van der Waals surface area contributed by atoms with Crippen molar-refractivity contribution in [1.29, 1.82) is 0 Å². The molecule has 6 nitrogen and oxygen atoms in total. The first-order valence-electron chi connectivity index (χ1n) is 6.08. The molecule has 1 aromatic heterocycles. The monoisotopic (exact) mass is 273 g/mol. The van der Waals surface area contributed by atoms with Gasteiger partial charge < -0.3 is 21.2 Å². The minimum atomic E-state index is -0.605. The number of ether oxygens (including phenoxy) is 1. The summed E-state index contributed by atoms with van der Waals surface area (Å²) < 4.78 is 4.94. The van der Waals surface area contributed by atoms with Gasteiger partial charge in [-0.25, -0.2) is 4.79 Å². The molecule has 2 aromatic rings. The van der Waals surface area contributed by atoms with Gasteiger partial charge in [-0.1, -0.05) is 12.1 Å². The lowest BCUT2D eigenvalue weighted by atomic mass is 10.1. The summed E-state index contributed by atoms with van der Waals surface area (Å²) in [6.07, 6.45) is 0. The third kappa shape index (κ3) is 2.64. The second kappa shape index (κ2) is 5.48. The average molecular weight is 273 g/mol. The Morgan fingerprint density at radius 1 is 1.30 bits per heavy atom. The van der Waals surface area contributed by atoms with Gasteiger partial charge in [-0.2, -0.15) is 0 Å². The van der Waals surface area contributed by atoms with Crippen LogP contribution < -0.4 is 11.5 Å². The summed E-state index contributed by atoms with van der Waals surface area (Å²) in [5.74, 6) is -0.801. The number of aromatic amines is 1. The second-order valence-electron chi connectivity index (χ2n) is 4.18. The fourth-order valence-electron chi connectivity index (χ4n) is 1.86. The highest BCUT2D eigenvalue weighted by Gasteiger charge is 2.13. The van der Waals surface area contributed by atoms with E-state index >= 15 is 0 Å². The van der Waals surface area contributed by atoms with Gasteiger partial charge in [-0.3, -0.25) is 4.79 Å². The fourth-order valence-corrected chi connectivity index (χ4v) is 1.86. The molecule has 0 radical (unpaired) electrons. The molecule has 0 spiro atoms. The van der Waals surface area contributed by atoms with E-state index in [9.17, 15) is 9.59 Å². The van der Waals surface area contributed by atoms with Crippen molar-refractivity contribution < 1.29 is 14.3 Å². The summed E-state index contributed by atoms with van der Waals surface area (Å²) in [6.45, 7) is 2.05. The van der Waals surface area contributed by atoms with E-state index in [-0.39, 0.29) is 11.4 Å². The third-order valence-corrected chi connectivity index (χ3v) is 2.80. The van der Waals surface area contributed by atoms with Crippen molar-refractivity contribution in [2.24, 2.45) is 5.73 Å². The van der Waals surface area contributed by atoms with Gasteiger partial charge in [0.15, 0.2) is 0 Å². The van der Waals surface area contributed by atoms with E-state index in [2.05, 4.69) is 4.98 Å². The molecule has 1 aromatic carbocycles. The molecule has 0 fully saturated rings. The number of hydrogen-bond acceptors (Lipinski definition) is 4. The van der Waals surface area contributed by atoms with Crippen LogP contribution in [0, 0.1) is 0 Å². The Hall–Kier alpha value is -2.76. The summed E-state index contributed by atoms with van der Waals surface area (Å²) >= 11 is 0. The molecule has 0 aliphatic heterocycles. The number of anilines is 1. The van der Waals surface area contributed by atoms with Gasteiger partial charge in [0.05, 0.1) is 17.7 Å². The van der Waals surface area contributed by atoms with Crippen LogP contribution in [0.1, 0.15) is 27.6 Å². The molecule has 0 aliphatic rings. The van der Waals surface area contributed by atoms with E-state index < -0.39 is 11.9 Å². The lowest BCUT2D eigenvalue weighted by Gasteiger charge is -2.03. The van der Waals surface area contributed by atoms with Crippen molar-refractivity contribution in [2.75, 3.05) is 12.3 Å². The Labute approximate surface area is 115 Å². The number of amides is 1. The first kappa shape index (κ1) is 13.7. The Morgan fingerprint density at radius 2 is 2.05 bits per heavy atom. The average Bonchev–Trinajstić information content (AvgIpc) is 2.81. The molecule has 1 amide bonds. The number of primary amides is 1. The molecule has 1 heterocycles. The number of aromatic nitrogens is 1. The van der Waals surface area contributed by atoms with E-state index in [1.807, 2.05) is 0 Å². The van der Waals surface area contributed by atoms with Crippen molar-refractivity contribution in [2.45, 2.75) is 6.92 Å². The van der Waals surface area contributed by atoms with Crippen LogP contribution in [-0.4, -0.2) is 23.5 Å². The van der Waals surface area contributed by atoms with Gasteiger partial charge in [-0.15, -0.1) is 0 Å². The third-order valence-electron chi connectivity index (χ3n) is 2.80. The SMILES string of the molecule is CCOC(=O)c1cccc(-c2cc(C(N)=O)c(N)[nH]2)c1. The largest absolute Gasteiger partial charge is 0.462 e. The number of nitrogens with two attached hydrogens (primary N) is 2. The molecule has 104 valence electrons. The summed E-state index contributed by atoms with van der Waals surface area (Å²) in [6, 6.07) is 8.39. The molecule has 20 heavy (non-hydrogen) atoms. The molecular formula is C14H15N3O3. The van der Waals surface area contributed by atoms with Crippen molar-refractivity contribution >= 4 is 17.7 Å². The van der Waals surface area contributed by atoms with Crippen LogP contribution in [0.5, 0.6) is 0 Å². The zero-order valence-corrected chi connectivity index (χ0v) is 11.0. The lowest BCUT2D eigenvalue weighted by Crippen LogP contribution is -2.11. The maximum absolute atomic E-state index is 11.7. The zero-order valence-electron chi connectivity index (χ0n) is 11.0. The predicted molar refractivity (Wildman–Crippen MR) is 75.1 cm³/mol. The predicted octanol–water partition coefficient (Wildman–Crippen LogP) is 1.54. The second-order valence-corrected chi connectivity index (χ2v) is 4.18. The molecule has 6 heteroatoms. The number of esters is 1. The molecule has 0 aliphatic carbocycles. The molecular weight excluding hydrogens is 258 g/mol. The highest BCUT2D eigenvalue weighted by molar-refractivity contribution is 5.99. The van der Waals surface area contributed by atoms with E-state index in [0.29, 0.717) is 17.9 Å². The molecule has 0 unspecified atom stereocenters. The van der Waals surface area contributed by atoms with Crippen LogP contribution in [0.3, 0.4) is 0 Å². The first-order chi connectivity index (χ1) is 9.52. The zero-order chi connectivity index (χ0) is 14.7. The summed E-state index contributed by atoms with van der Waals surface area (Å²) in [4.78, 5) is 25.7. The van der Waals surface area contributed by atoms with Gasteiger partial charge in [0.2, 0.25) is 0 Å². The van der Waals surface area contributed by atoms with Gasteiger partial charge in [0.1, 0.15) is 5.82 Å². The van der Waals surface area contributed by atoms with E-state index in [0.717, 1.165) is 5.56 Å². The Morgan fingerprint density at radius 3 is 2.65 bits per heavy atom. The normalized spacial score (nSPS) is 10.2. The van der Waals surface area contributed by atoms with E-state index in [1.165, 1.54) is 0 Å². The van der Waals surface area contributed by atoms with Crippen LogP contribution in [0.4, 0.5) is 5.82 Å². The number of rotatable bonds is 4. The fraction of sp³-hybridized carbons (Fsp3) is 0.143. The number of hydrogen-bond donors (Lipinski definition) is 3. The van der Waals surface area contributed by atoms with Gasteiger partial charge >= 0.3 is 5.97 Å². The van der Waals surface area contributed by atoms with Crippen LogP contribution in [0.2, 0.25) is 0 Å². The highest BCUT2D eigenvalue weighted by atomic mass is 16.5. The summed E-state index contributed by atoms with van der Waals surface area (Å²) in [7, 11) is 0. The van der Waals surface area contributed by atoms with Crippen LogP contribution in [0.25, 0.3) is 11.3 Å². The quantitative estimate of drug-likeness (QED) is 0.733. The minimum Gasteiger partial charge on any atom is -0.462 e. The minimum absolute atomic E-state index is 0.203. The van der Waals surface area contributed by atoms with E-state index in [1.54, 1.807) is 37.3 Å². The molecule has 2 rings (SSSR count). The first-order valence-corrected chi connectivity index (χ1v) is 6.08. The Bertz CT molecular complexity index is 661. The van der Waals surface area contributed by atoms with Crippen LogP contribution in [0.15, 0.2) is 30.3 Å². The number of carbonyl (C=O) groups excluding carboxylic acids is 2. The van der Waals surface area contributed by atoms with Crippen molar-refractivity contribution in [1.82, 2.24) is 4.98 Å². The van der Waals surface area contributed by atoms with Gasteiger partial charge in [0, 0.05) is 5.69 Å². The Balaban J connectivity index is 2.38. The summed E-state index contributed by atoms with van der Waals surface area (Å²) in [5, 5.41) is 0. The van der Waals surface area contributed by atoms with E-state index in [4.69, 9.17) is 16.2 Å². The van der Waals surface area contributed by atoms with Crippen LogP contribution >= 0.6 is 0 Å². The maximum Gasteiger partial charge on any atom is 0.338 e. The van der Waals surface area contributed by atoms with Crippen molar-refractivity contribution in [3.63, 3.8) is 0 Å². The highest BCUT2D eigenvalue weighted by Crippen LogP contribution is 2.24. The smallest absolute Gasteiger partial charge is 0.338 e. The van der Waals surface area contributed by atoms with Gasteiger partial charge in [-0.05, 0) is 30.7 Å². The molecule has 0 atom stereocenters.